The van der Waals surface area contributed by atoms with Crippen molar-refractivity contribution in [2.24, 2.45) is 0 Å². The number of aryl methyl sites for hydroxylation is 1. The SMILES string of the molecule is COC(=O)N1C(=O)C(C)(NC(=O)OC(C)(C)C)c2c1ccc(C)c2C. The van der Waals surface area contributed by atoms with Gasteiger partial charge in [-0.25, -0.2) is 14.5 Å². The van der Waals surface area contributed by atoms with E-state index in [1.807, 2.05) is 19.9 Å². The maximum Gasteiger partial charge on any atom is 0.421 e. The van der Waals surface area contributed by atoms with Crippen LogP contribution in [0.4, 0.5) is 15.3 Å². The Labute approximate surface area is 147 Å². The molecule has 2 rings (SSSR count). The number of methoxy groups -OCH3 is 1. The number of benzene rings is 1. The first-order valence-corrected chi connectivity index (χ1v) is 7.96. The van der Waals surface area contributed by atoms with Crippen LogP contribution in [0.15, 0.2) is 12.1 Å². The van der Waals surface area contributed by atoms with E-state index in [4.69, 9.17) is 9.47 Å². The second-order valence-electron chi connectivity index (χ2n) is 7.26. The molecule has 0 aliphatic carbocycles. The van der Waals surface area contributed by atoms with Crippen LogP contribution >= 0.6 is 0 Å². The van der Waals surface area contributed by atoms with Crippen molar-refractivity contribution in [2.75, 3.05) is 12.0 Å². The van der Waals surface area contributed by atoms with Crippen LogP contribution in [-0.4, -0.2) is 30.8 Å². The van der Waals surface area contributed by atoms with Crippen LogP contribution < -0.4 is 10.2 Å². The van der Waals surface area contributed by atoms with Crippen LogP contribution in [0.2, 0.25) is 0 Å². The van der Waals surface area contributed by atoms with E-state index in [9.17, 15) is 14.4 Å². The van der Waals surface area contributed by atoms with E-state index >= 15 is 0 Å². The number of nitrogens with zero attached hydrogens (tertiary/aromatic N) is 1. The fourth-order valence-electron chi connectivity index (χ4n) is 2.96. The topological polar surface area (TPSA) is 84.9 Å². The quantitative estimate of drug-likeness (QED) is 0.843. The third-order valence-corrected chi connectivity index (χ3v) is 4.19. The number of hydrogen-bond acceptors (Lipinski definition) is 5. The fourth-order valence-corrected chi connectivity index (χ4v) is 2.96. The number of ether oxygens (including phenoxy) is 2. The monoisotopic (exact) mass is 348 g/mol. The molecule has 0 bridgehead atoms. The first-order valence-electron chi connectivity index (χ1n) is 7.96. The van der Waals surface area contributed by atoms with Crippen molar-refractivity contribution in [2.45, 2.75) is 52.7 Å². The average Bonchev–Trinajstić information content (AvgIpc) is 2.69. The summed E-state index contributed by atoms with van der Waals surface area (Å²) in [4.78, 5) is 38.4. The van der Waals surface area contributed by atoms with E-state index in [-0.39, 0.29) is 0 Å². The summed E-state index contributed by atoms with van der Waals surface area (Å²) >= 11 is 0. The summed E-state index contributed by atoms with van der Waals surface area (Å²) in [7, 11) is 1.20. The zero-order valence-electron chi connectivity index (χ0n) is 15.6. The Morgan fingerprint density at radius 2 is 1.80 bits per heavy atom. The minimum atomic E-state index is -1.43. The lowest BCUT2D eigenvalue weighted by molar-refractivity contribution is -0.123. The third kappa shape index (κ3) is 3.18. The van der Waals surface area contributed by atoms with E-state index in [1.54, 1.807) is 33.8 Å². The molecule has 7 heteroatoms. The molecule has 0 spiro atoms. The number of carbonyl (C=O) groups is 3. The molecule has 0 fully saturated rings. The Bertz CT molecular complexity index is 751. The zero-order chi connectivity index (χ0) is 19.2. The summed E-state index contributed by atoms with van der Waals surface area (Å²) in [5.41, 5.74) is 0.579. The van der Waals surface area contributed by atoms with Crippen molar-refractivity contribution in [3.05, 3.63) is 28.8 Å². The van der Waals surface area contributed by atoms with Gasteiger partial charge in [0.1, 0.15) is 11.1 Å². The van der Waals surface area contributed by atoms with Gasteiger partial charge in [-0.05, 0) is 58.7 Å². The molecular formula is C18H24N2O5. The molecule has 1 unspecified atom stereocenters. The number of fused-ring (bicyclic) bond motifs is 1. The van der Waals surface area contributed by atoms with E-state index < -0.39 is 29.2 Å². The Hall–Kier alpha value is -2.57. The minimum absolute atomic E-state index is 0.401. The summed E-state index contributed by atoms with van der Waals surface area (Å²) in [6, 6.07) is 3.49. The van der Waals surface area contributed by atoms with Crippen molar-refractivity contribution in [3.8, 4) is 0 Å². The maximum atomic E-state index is 13.0. The molecule has 1 aromatic rings. The highest BCUT2D eigenvalue weighted by Crippen LogP contribution is 2.43. The van der Waals surface area contributed by atoms with E-state index in [2.05, 4.69) is 5.32 Å². The van der Waals surface area contributed by atoms with Gasteiger partial charge in [0, 0.05) is 5.56 Å². The van der Waals surface area contributed by atoms with Crippen LogP contribution in [0.3, 0.4) is 0 Å². The number of nitrogens with one attached hydrogen (secondary N) is 1. The summed E-state index contributed by atoms with van der Waals surface area (Å²) < 4.78 is 10.0. The fraction of sp³-hybridized carbons (Fsp3) is 0.500. The molecule has 1 heterocycles. The standard InChI is InChI=1S/C18H24N2O5/c1-10-8-9-12-13(11(10)2)18(6,14(21)20(12)16(23)24-7)19-15(22)25-17(3,4)5/h8-9H,1-7H3,(H,19,22). The highest BCUT2D eigenvalue weighted by molar-refractivity contribution is 6.21. The molecule has 0 radical (unpaired) electrons. The molecule has 0 aromatic heterocycles. The molecule has 0 saturated heterocycles. The Balaban J connectivity index is 2.56. The molecule has 7 nitrogen and oxygen atoms in total. The molecule has 1 N–H and O–H groups in total. The van der Waals surface area contributed by atoms with Crippen LogP contribution in [0.5, 0.6) is 0 Å². The molecule has 136 valence electrons. The number of carbonyl (C=O) groups excluding carboxylic acids is 3. The van der Waals surface area contributed by atoms with Crippen LogP contribution in [0.25, 0.3) is 0 Å². The number of rotatable bonds is 1. The second-order valence-corrected chi connectivity index (χ2v) is 7.26. The van der Waals surface area contributed by atoms with Gasteiger partial charge in [0.15, 0.2) is 0 Å². The second kappa shape index (κ2) is 6.06. The van der Waals surface area contributed by atoms with E-state index in [1.165, 1.54) is 7.11 Å². The number of amides is 3. The molecule has 0 saturated carbocycles. The normalized spacial score (nSPS) is 19.5. The van der Waals surface area contributed by atoms with Gasteiger partial charge in [0.05, 0.1) is 12.8 Å². The first-order chi connectivity index (χ1) is 11.4. The molecule has 25 heavy (non-hydrogen) atoms. The third-order valence-electron chi connectivity index (χ3n) is 4.19. The van der Waals surface area contributed by atoms with Crippen LogP contribution in [0, 0.1) is 13.8 Å². The predicted octanol–water partition coefficient (Wildman–Crippen LogP) is 3.16. The predicted molar refractivity (Wildman–Crippen MR) is 92.5 cm³/mol. The molecule has 1 aromatic carbocycles. The van der Waals surface area contributed by atoms with E-state index in [0.29, 0.717) is 11.3 Å². The molecule has 1 aliphatic rings. The minimum Gasteiger partial charge on any atom is -0.452 e. The van der Waals surface area contributed by atoms with Crippen molar-refractivity contribution in [1.82, 2.24) is 5.32 Å². The summed E-state index contributed by atoms with van der Waals surface area (Å²) in [6.07, 6.45) is -1.54. The highest BCUT2D eigenvalue weighted by Gasteiger charge is 2.53. The van der Waals surface area contributed by atoms with Gasteiger partial charge in [-0.3, -0.25) is 4.79 Å². The molecular weight excluding hydrogens is 324 g/mol. The lowest BCUT2D eigenvalue weighted by atomic mass is 9.88. The zero-order valence-corrected chi connectivity index (χ0v) is 15.6. The molecule has 1 atom stereocenters. The number of anilines is 1. The van der Waals surface area contributed by atoms with E-state index in [0.717, 1.165) is 16.0 Å². The Morgan fingerprint density at radius 1 is 1.20 bits per heavy atom. The Kier molecular flexibility index (Phi) is 4.55. The van der Waals surface area contributed by atoms with Crippen molar-refractivity contribution in [3.63, 3.8) is 0 Å². The van der Waals surface area contributed by atoms with Gasteiger partial charge in [-0.15, -0.1) is 0 Å². The summed E-state index contributed by atoms with van der Waals surface area (Å²) in [5, 5.41) is 2.63. The van der Waals surface area contributed by atoms with Crippen LogP contribution in [0.1, 0.15) is 44.4 Å². The average molecular weight is 348 g/mol. The van der Waals surface area contributed by atoms with Gasteiger partial charge in [-0.1, -0.05) is 6.07 Å². The number of hydrogen-bond donors (Lipinski definition) is 1. The largest absolute Gasteiger partial charge is 0.452 e. The number of imide groups is 1. The summed E-state index contributed by atoms with van der Waals surface area (Å²) in [5.74, 6) is -0.589. The van der Waals surface area contributed by atoms with Gasteiger partial charge in [-0.2, -0.15) is 0 Å². The lowest BCUT2D eigenvalue weighted by Crippen LogP contribution is -2.53. The van der Waals surface area contributed by atoms with Gasteiger partial charge >= 0.3 is 12.2 Å². The molecule has 1 aliphatic heterocycles. The first kappa shape index (κ1) is 18.8. The van der Waals surface area contributed by atoms with Crippen molar-refractivity contribution >= 4 is 23.8 Å². The van der Waals surface area contributed by atoms with Crippen LogP contribution in [-0.2, 0) is 19.8 Å². The lowest BCUT2D eigenvalue weighted by Gasteiger charge is -2.28. The van der Waals surface area contributed by atoms with Gasteiger partial charge in [0.25, 0.3) is 5.91 Å². The van der Waals surface area contributed by atoms with Crippen molar-refractivity contribution in [1.29, 1.82) is 0 Å². The van der Waals surface area contributed by atoms with Gasteiger partial charge < -0.3 is 14.8 Å². The maximum absolute atomic E-state index is 13.0. The summed E-state index contributed by atoms with van der Waals surface area (Å²) in [6.45, 7) is 10.5. The van der Waals surface area contributed by atoms with Crippen molar-refractivity contribution < 1.29 is 23.9 Å². The van der Waals surface area contributed by atoms with Gasteiger partial charge in [0.2, 0.25) is 0 Å². The Morgan fingerprint density at radius 3 is 2.32 bits per heavy atom. The highest BCUT2D eigenvalue weighted by atomic mass is 16.6. The smallest absolute Gasteiger partial charge is 0.421 e. The number of alkyl carbamates (subject to hydrolysis) is 1. The molecule has 3 amide bonds.